The van der Waals surface area contributed by atoms with Crippen LogP contribution in [0.5, 0.6) is 0 Å². The highest BCUT2D eigenvalue weighted by molar-refractivity contribution is 5.43. The van der Waals surface area contributed by atoms with Crippen molar-refractivity contribution in [2.75, 3.05) is 30.7 Å². The van der Waals surface area contributed by atoms with Crippen LogP contribution in [0.15, 0.2) is 12.4 Å². The Kier molecular flexibility index (Phi) is 4.14. The zero-order valence-corrected chi connectivity index (χ0v) is 10.4. The van der Waals surface area contributed by atoms with Crippen molar-refractivity contribution in [3.8, 4) is 0 Å². The van der Waals surface area contributed by atoms with Crippen LogP contribution in [0.4, 0.5) is 11.6 Å². The summed E-state index contributed by atoms with van der Waals surface area (Å²) in [5.41, 5.74) is 5.61. The largest absolute Gasteiger partial charge is 0.384 e. The average Bonchev–Trinajstić information content (AvgIpc) is 2.37. The van der Waals surface area contributed by atoms with E-state index in [1.54, 1.807) is 6.07 Å². The van der Waals surface area contributed by atoms with Gasteiger partial charge in [0.05, 0.1) is 0 Å². The van der Waals surface area contributed by atoms with Crippen molar-refractivity contribution in [2.24, 2.45) is 0 Å². The summed E-state index contributed by atoms with van der Waals surface area (Å²) in [7, 11) is 0. The van der Waals surface area contributed by atoms with Gasteiger partial charge < -0.3 is 11.1 Å². The summed E-state index contributed by atoms with van der Waals surface area (Å²) in [6, 6.07) is 2.30. The van der Waals surface area contributed by atoms with E-state index in [9.17, 15) is 0 Å². The van der Waals surface area contributed by atoms with Crippen LogP contribution in [0.3, 0.4) is 0 Å². The second kappa shape index (κ2) is 5.82. The molecule has 2 heterocycles. The average molecular weight is 235 g/mol. The molecule has 1 aromatic heterocycles. The van der Waals surface area contributed by atoms with Gasteiger partial charge in [0.1, 0.15) is 18.0 Å². The van der Waals surface area contributed by atoms with Gasteiger partial charge in [0.25, 0.3) is 0 Å². The van der Waals surface area contributed by atoms with E-state index in [0.29, 0.717) is 11.9 Å². The van der Waals surface area contributed by atoms with Crippen LogP contribution in [-0.4, -0.2) is 40.5 Å². The van der Waals surface area contributed by atoms with Crippen LogP contribution in [0.1, 0.15) is 26.2 Å². The van der Waals surface area contributed by atoms with Crippen molar-refractivity contribution < 1.29 is 0 Å². The molecule has 0 bridgehead atoms. The number of piperidine rings is 1. The molecule has 0 aliphatic carbocycles. The highest BCUT2D eigenvalue weighted by Gasteiger charge is 2.16. The van der Waals surface area contributed by atoms with Crippen LogP contribution < -0.4 is 11.1 Å². The third kappa shape index (κ3) is 3.56. The zero-order valence-electron chi connectivity index (χ0n) is 10.4. The number of rotatable bonds is 4. The second-order valence-corrected chi connectivity index (χ2v) is 4.65. The van der Waals surface area contributed by atoms with Crippen LogP contribution in [0.2, 0.25) is 0 Å². The second-order valence-electron chi connectivity index (χ2n) is 4.65. The predicted octanol–water partition coefficient (Wildman–Crippen LogP) is 1.35. The van der Waals surface area contributed by atoms with Crippen LogP contribution in [-0.2, 0) is 0 Å². The van der Waals surface area contributed by atoms with E-state index < -0.39 is 0 Å². The number of aromatic nitrogens is 2. The number of nitrogens with two attached hydrogens (primary N) is 1. The molecule has 1 unspecified atom stereocenters. The third-order valence-electron chi connectivity index (χ3n) is 3.28. The third-order valence-corrected chi connectivity index (χ3v) is 3.28. The molecule has 0 saturated carbocycles. The van der Waals surface area contributed by atoms with E-state index >= 15 is 0 Å². The Bertz CT molecular complexity index is 349. The first-order valence-corrected chi connectivity index (χ1v) is 6.31. The summed E-state index contributed by atoms with van der Waals surface area (Å²) in [6.45, 7) is 5.59. The van der Waals surface area contributed by atoms with E-state index in [2.05, 4.69) is 27.1 Å². The number of hydrogen-bond donors (Lipinski definition) is 2. The lowest BCUT2D eigenvalue weighted by atomic mass is 10.1. The normalized spacial score (nSPS) is 18.9. The van der Waals surface area contributed by atoms with Crippen LogP contribution >= 0.6 is 0 Å². The lowest BCUT2D eigenvalue weighted by Gasteiger charge is -2.32. The molecule has 1 fully saturated rings. The molecule has 1 aliphatic heterocycles. The van der Waals surface area contributed by atoms with Crippen LogP contribution in [0.25, 0.3) is 0 Å². The van der Waals surface area contributed by atoms with Crippen molar-refractivity contribution in [1.29, 1.82) is 0 Å². The number of nitrogen functional groups attached to an aromatic ring is 1. The quantitative estimate of drug-likeness (QED) is 0.824. The van der Waals surface area contributed by atoms with Crippen molar-refractivity contribution in [2.45, 2.75) is 32.2 Å². The summed E-state index contributed by atoms with van der Waals surface area (Å²) >= 11 is 0. The van der Waals surface area contributed by atoms with Gasteiger partial charge in [-0.25, -0.2) is 9.97 Å². The van der Waals surface area contributed by atoms with Crippen LogP contribution in [0, 0.1) is 0 Å². The zero-order chi connectivity index (χ0) is 12.1. The standard InChI is InChI=1S/C12H21N5/c1-10(17-5-3-2-4-6-17)8-14-12-7-11(13)15-9-16-12/h7,9-10H,2-6,8H2,1H3,(H3,13,14,15,16). The highest BCUT2D eigenvalue weighted by atomic mass is 15.2. The Morgan fingerprint density at radius 2 is 2.12 bits per heavy atom. The minimum Gasteiger partial charge on any atom is -0.384 e. The summed E-state index contributed by atoms with van der Waals surface area (Å²) < 4.78 is 0. The first-order valence-electron chi connectivity index (χ1n) is 6.31. The molecule has 0 amide bonds. The topological polar surface area (TPSA) is 67.1 Å². The number of hydrogen-bond acceptors (Lipinski definition) is 5. The molecule has 0 spiro atoms. The monoisotopic (exact) mass is 235 g/mol. The number of anilines is 2. The maximum atomic E-state index is 5.61. The Morgan fingerprint density at radius 1 is 1.35 bits per heavy atom. The van der Waals surface area contributed by atoms with E-state index in [0.717, 1.165) is 12.4 Å². The Hall–Kier alpha value is -1.36. The van der Waals surface area contributed by atoms with E-state index in [4.69, 9.17) is 5.73 Å². The molecule has 17 heavy (non-hydrogen) atoms. The maximum Gasteiger partial charge on any atom is 0.131 e. The minimum absolute atomic E-state index is 0.508. The maximum absolute atomic E-state index is 5.61. The van der Waals surface area contributed by atoms with Gasteiger partial charge in [-0.1, -0.05) is 6.42 Å². The first kappa shape index (κ1) is 12.1. The first-order chi connectivity index (χ1) is 8.25. The molecular formula is C12H21N5. The van der Waals surface area contributed by atoms with E-state index in [1.807, 2.05) is 0 Å². The van der Waals surface area contributed by atoms with Gasteiger partial charge in [0, 0.05) is 18.7 Å². The molecule has 1 aliphatic rings. The minimum atomic E-state index is 0.508. The Labute approximate surface area is 102 Å². The highest BCUT2D eigenvalue weighted by Crippen LogP contribution is 2.12. The predicted molar refractivity (Wildman–Crippen MR) is 69.8 cm³/mol. The molecule has 0 radical (unpaired) electrons. The van der Waals surface area contributed by atoms with E-state index in [1.165, 1.54) is 38.7 Å². The molecule has 0 aromatic carbocycles. The molecule has 1 aromatic rings. The van der Waals surface area contributed by atoms with Gasteiger partial charge >= 0.3 is 0 Å². The molecule has 1 saturated heterocycles. The van der Waals surface area contributed by atoms with Crippen molar-refractivity contribution in [1.82, 2.24) is 14.9 Å². The molecule has 3 N–H and O–H groups in total. The fourth-order valence-corrected chi connectivity index (χ4v) is 2.21. The van der Waals surface area contributed by atoms with Crippen molar-refractivity contribution >= 4 is 11.6 Å². The Morgan fingerprint density at radius 3 is 2.82 bits per heavy atom. The molecule has 5 nitrogen and oxygen atoms in total. The van der Waals surface area contributed by atoms with Gasteiger partial charge in [-0.2, -0.15) is 0 Å². The summed E-state index contributed by atoms with van der Waals surface area (Å²) in [5.74, 6) is 1.31. The van der Waals surface area contributed by atoms with Gasteiger partial charge in [0.2, 0.25) is 0 Å². The molecule has 94 valence electrons. The van der Waals surface area contributed by atoms with Gasteiger partial charge in [-0.05, 0) is 32.9 Å². The summed E-state index contributed by atoms with van der Waals surface area (Å²) in [6.07, 6.45) is 5.51. The fourth-order valence-electron chi connectivity index (χ4n) is 2.21. The smallest absolute Gasteiger partial charge is 0.131 e. The molecule has 1 atom stereocenters. The fraction of sp³-hybridized carbons (Fsp3) is 0.667. The van der Waals surface area contributed by atoms with E-state index in [-0.39, 0.29) is 0 Å². The van der Waals surface area contributed by atoms with Crippen molar-refractivity contribution in [3.05, 3.63) is 12.4 Å². The number of nitrogens with one attached hydrogen (secondary N) is 1. The molecule has 2 rings (SSSR count). The van der Waals surface area contributed by atoms with Gasteiger partial charge in [-0.3, -0.25) is 4.90 Å². The Balaban J connectivity index is 1.80. The summed E-state index contributed by atoms with van der Waals surface area (Å²) in [5, 5.41) is 3.31. The number of nitrogens with zero attached hydrogens (tertiary/aromatic N) is 3. The number of likely N-dealkylation sites (tertiary alicyclic amines) is 1. The molecular weight excluding hydrogens is 214 g/mol. The SMILES string of the molecule is CC(CNc1cc(N)ncn1)N1CCCCC1. The lowest BCUT2D eigenvalue weighted by Crippen LogP contribution is -2.41. The van der Waals surface area contributed by atoms with Crippen molar-refractivity contribution in [3.63, 3.8) is 0 Å². The molecule has 5 heteroatoms. The summed E-state index contributed by atoms with van der Waals surface area (Å²) in [4.78, 5) is 10.5. The van der Waals surface area contributed by atoms with Gasteiger partial charge in [-0.15, -0.1) is 0 Å². The lowest BCUT2D eigenvalue weighted by molar-refractivity contribution is 0.180. The van der Waals surface area contributed by atoms with Gasteiger partial charge in [0.15, 0.2) is 0 Å².